The minimum absolute atomic E-state index is 0.00972. The molecule has 0 radical (unpaired) electrons. The number of nitrogens with one attached hydrogen (secondary N) is 1. The van der Waals surface area contributed by atoms with Crippen LogP contribution in [-0.2, 0) is 4.79 Å². The summed E-state index contributed by atoms with van der Waals surface area (Å²) in [6.45, 7) is 6.23. The Morgan fingerprint density at radius 1 is 0.967 bits per heavy atom. The van der Waals surface area contributed by atoms with Gasteiger partial charge >= 0.3 is 0 Å². The number of imidazole rings is 1. The van der Waals surface area contributed by atoms with Gasteiger partial charge in [-0.25, -0.2) is 4.98 Å². The number of aromatic nitrogens is 2. The van der Waals surface area contributed by atoms with Gasteiger partial charge in [-0.15, -0.1) is 0 Å². The summed E-state index contributed by atoms with van der Waals surface area (Å²) in [4.78, 5) is 18.0. The average molecular weight is 396 g/mol. The van der Waals surface area contributed by atoms with Crippen molar-refractivity contribution in [3.8, 4) is 11.3 Å². The zero-order valence-electron chi connectivity index (χ0n) is 17.5. The molecule has 1 saturated carbocycles. The van der Waals surface area contributed by atoms with Gasteiger partial charge in [0.25, 0.3) is 0 Å². The Balaban J connectivity index is 1.52. The normalized spacial score (nSPS) is 17.8. The number of rotatable bonds is 4. The molecule has 0 aliphatic heterocycles. The number of pyridine rings is 1. The van der Waals surface area contributed by atoms with Crippen LogP contribution in [0, 0.1) is 26.7 Å². The lowest BCUT2D eigenvalue weighted by molar-refractivity contribution is -0.117. The minimum atomic E-state index is 0.00972. The van der Waals surface area contributed by atoms with Crippen LogP contribution in [0.25, 0.3) is 16.9 Å². The number of aryl methyl sites for hydroxylation is 3. The molecule has 2 aromatic carbocycles. The van der Waals surface area contributed by atoms with Gasteiger partial charge in [0.15, 0.2) is 0 Å². The van der Waals surface area contributed by atoms with E-state index in [4.69, 9.17) is 4.98 Å². The fourth-order valence-electron chi connectivity index (χ4n) is 4.34. The van der Waals surface area contributed by atoms with E-state index in [1.807, 2.05) is 40.9 Å². The molecule has 1 amide bonds. The van der Waals surface area contributed by atoms with Crippen LogP contribution >= 0.6 is 0 Å². The van der Waals surface area contributed by atoms with Crippen molar-refractivity contribution in [2.45, 2.75) is 33.1 Å². The predicted octanol–water partition coefficient (Wildman–Crippen LogP) is 5.67. The van der Waals surface area contributed by atoms with Crippen LogP contribution in [0.1, 0.15) is 34.6 Å². The molecule has 1 N–H and O–H groups in total. The molecular formula is C26H25N3O. The van der Waals surface area contributed by atoms with Crippen molar-refractivity contribution < 1.29 is 4.79 Å². The van der Waals surface area contributed by atoms with Crippen molar-refractivity contribution in [3.63, 3.8) is 0 Å². The second-order valence-electron chi connectivity index (χ2n) is 8.47. The number of amides is 1. The van der Waals surface area contributed by atoms with Gasteiger partial charge < -0.3 is 5.32 Å². The Morgan fingerprint density at radius 2 is 1.70 bits per heavy atom. The monoisotopic (exact) mass is 395 g/mol. The minimum Gasteiger partial charge on any atom is -0.310 e. The number of anilines is 1. The molecule has 4 nitrogen and oxygen atoms in total. The van der Waals surface area contributed by atoms with E-state index in [1.54, 1.807) is 0 Å². The van der Waals surface area contributed by atoms with Crippen LogP contribution in [0.2, 0.25) is 0 Å². The number of fused-ring (bicyclic) bond motifs is 1. The van der Waals surface area contributed by atoms with E-state index in [9.17, 15) is 4.79 Å². The third-order valence-corrected chi connectivity index (χ3v) is 5.87. The molecule has 0 bridgehead atoms. The predicted molar refractivity (Wildman–Crippen MR) is 121 cm³/mol. The standard InChI is InChI=1S/C26H25N3O/c1-16-9-10-29-23(14-16)27-24(20-12-17(2)11-18(3)13-20)25(29)28-26(30)22-15-21(22)19-7-5-4-6-8-19/h4-14,21-22H,15H2,1-3H3,(H,28,30)/t21-,22-/m0/s1. The van der Waals surface area contributed by atoms with Crippen LogP contribution in [-0.4, -0.2) is 15.3 Å². The molecule has 0 unspecified atom stereocenters. The Hall–Kier alpha value is -3.40. The molecule has 1 aliphatic rings. The lowest BCUT2D eigenvalue weighted by Gasteiger charge is -2.09. The van der Waals surface area contributed by atoms with E-state index in [2.05, 4.69) is 56.4 Å². The number of benzene rings is 2. The zero-order valence-corrected chi connectivity index (χ0v) is 17.5. The summed E-state index contributed by atoms with van der Waals surface area (Å²) in [6.07, 6.45) is 2.88. The third-order valence-electron chi connectivity index (χ3n) is 5.87. The zero-order chi connectivity index (χ0) is 20.8. The molecular weight excluding hydrogens is 370 g/mol. The summed E-state index contributed by atoms with van der Waals surface area (Å²) in [6, 6.07) is 20.8. The van der Waals surface area contributed by atoms with E-state index < -0.39 is 0 Å². The first-order chi connectivity index (χ1) is 14.5. The maximum absolute atomic E-state index is 13.1. The molecule has 2 aromatic heterocycles. The Morgan fingerprint density at radius 3 is 2.43 bits per heavy atom. The Bertz CT molecular complexity index is 1240. The molecule has 2 heterocycles. The van der Waals surface area contributed by atoms with Gasteiger partial charge in [0.2, 0.25) is 5.91 Å². The molecule has 5 rings (SSSR count). The maximum atomic E-state index is 13.1. The fourth-order valence-corrected chi connectivity index (χ4v) is 4.34. The van der Waals surface area contributed by atoms with Crippen LogP contribution in [0.4, 0.5) is 5.82 Å². The Kier molecular flexibility index (Phi) is 4.43. The summed E-state index contributed by atoms with van der Waals surface area (Å²) >= 11 is 0. The van der Waals surface area contributed by atoms with Crippen molar-refractivity contribution in [2.75, 3.05) is 5.32 Å². The van der Waals surface area contributed by atoms with Crippen LogP contribution in [0.15, 0.2) is 66.9 Å². The summed E-state index contributed by atoms with van der Waals surface area (Å²) in [5.41, 5.74) is 7.43. The van der Waals surface area contributed by atoms with Gasteiger partial charge in [0.05, 0.1) is 0 Å². The molecule has 1 fully saturated rings. The van der Waals surface area contributed by atoms with E-state index >= 15 is 0 Å². The summed E-state index contributed by atoms with van der Waals surface area (Å²) in [5.74, 6) is 1.13. The molecule has 150 valence electrons. The maximum Gasteiger partial charge on any atom is 0.229 e. The third kappa shape index (κ3) is 3.39. The van der Waals surface area contributed by atoms with E-state index in [0.29, 0.717) is 5.92 Å². The fraction of sp³-hybridized carbons (Fsp3) is 0.231. The van der Waals surface area contributed by atoms with Crippen molar-refractivity contribution in [3.05, 3.63) is 89.1 Å². The summed E-state index contributed by atoms with van der Waals surface area (Å²) in [7, 11) is 0. The number of carbonyl (C=O) groups is 1. The second kappa shape index (κ2) is 7.13. The number of hydrogen-bond acceptors (Lipinski definition) is 2. The smallest absolute Gasteiger partial charge is 0.229 e. The topological polar surface area (TPSA) is 46.4 Å². The van der Waals surface area contributed by atoms with E-state index in [0.717, 1.165) is 34.7 Å². The van der Waals surface area contributed by atoms with Crippen LogP contribution in [0.3, 0.4) is 0 Å². The first kappa shape index (κ1) is 18.6. The molecule has 4 aromatic rings. The van der Waals surface area contributed by atoms with Crippen molar-refractivity contribution in [1.29, 1.82) is 0 Å². The molecule has 1 aliphatic carbocycles. The summed E-state index contributed by atoms with van der Waals surface area (Å²) < 4.78 is 1.98. The van der Waals surface area contributed by atoms with Gasteiger partial charge in [-0.1, -0.05) is 47.5 Å². The van der Waals surface area contributed by atoms with Gasteiger partial charge in [-0.2, -0.15) is 0 Å². The number of nitrogens with zero attached hydrogens (tertiary/aromatic N) is 2. The molecule has 30 heavy (non-hydrogen) atoms. The highest BCUT2D eigenvalue weighted by Gasteiger charge is 2.44. The van der Waals surface area contributed by atoms with Crippen molar-refractivity contribution >= 4 is 17.4 Å². The molecule has 2 atom stereocenters. The molecule has 0 saturated heterocycles. The van der Waals surface area contributed by atoms with E-state index in [-0.39, 0.29) is 11.8 Å². The largest absolute Gasteiger partial charge is 0.310 e. The highest BCUT2D eigenvalue weighted by Crippen LogP contribution is 2.48. The highest BCUT2D eigenvalue weighted by molar-refractivity contribution is 5.98. The van der Waals surface area contributed by atoms with Gasteiger partial charge in [0.1, 0.15) is 17.2 Å². The number of carbonyl (C=O) groups excluding carboxylic acids is 1. The average Bonchev–Trinajstić information content (AvgIpc) is 3.45. The van der Waals surface area contributed by atoms with Crippen molar-refractivity contribution in [1.82, 2.24) is 9.38 Å². The lowest BCUT2D eigenvalue weighted by atomic mass is 10.0. The van der Waals surface area contributed by atoms with Gasteiger partial charge in [-0.05, 0) is 68.5 Å². The van der Waals surface area contributed by atoms with Crippen LogP contribution < -0.4 is 5.32 Å². The second-order valence-corrected chi connectivity index (χ2v) is 8.47. The SMILES string of the molecule is Cc1cc(C)cc(-c2nc3cc(C)ccn3c2NC(=O)[C@H]2C[C@H]2c2ccccc2)c1. The summed E-state index contributed by atoms with van der Waals surface area (Å²) in [5, 5.41) is 3.21. The van der Waals surface area contributed by atoms with E-state index in [1.165, 1.54) is 16.7 Å². The Labute approximate surface area is 176 Å². The first-order valence-corrected chi connectivity index (χ1v) is 10.4. The molecule has 4 heteroatoms. The van der Waals surface area contributed by atoms with Gasteiger partial charge in [-0.3, -0.25) is 9.20 Å². The van der Waals surface area contributed by atoms with Crippen LogP contribution in [0.5, 0.6) is 0 Å². The highest BCUT2D eigenvalue weighted by atomic mass is 16.2. The molecule has 0 spiro atoms. The van der Waals surface area contributed by atoms with Crippen molar-refractivity contribution in [2.24, 2.45) is 5.92 Å². The quantitative estimate of drug-likeness (QED) is 0.484. The lowest BCUT2D eigenvalue weighted by Crippen LogP contribution is -2.16. The number of hydrogen-bond donors (Lipinski definition) is 1. The first-order valence-electron chi connectivity index (χ1n) is 10.4. The van der Waals surface area contributed by atoms with Gasteiger partial charge in [0, 0.05) is 17.7 Å².